The number of hydrogen-bond donors (Lipinski definition) is 2. The molecular weight excluding hydrogens is 364 g/mol. The van der Waals surface area contributed by atoms with Gasteiger partial charge in [0.25, 0.3) is 0 Å². The maximum absolute atomic E-state index is 11.2. The molecule has 5 nitrogen and oxygen atoms in total. The van der Waals surface area contributed by atoms with Crippen LogP contribution in [0.25, 0.3) is 11.3 Å². The molecule has 0 amide bonds. The molecule has 1 aliphatic carbocycles. The summed E-state index contributed by atoms with van der Waals surface area (Å²) in [6.45, 7) is 2.79. The molecule has 1 saturated heterocycles. The molecule has 29 heavy (non-hydrogen) atoms. The fourth-order valence-electron chi connectivity index (χ4n) is 4.33. The third-order valence-corrected chi connectivity index (χ3v) is 5.89. The molecule has 1 atom stereocenters. The van der Waals surface area contributed by atoms with Crippen molar-refractivity contribution < 1.29 is 14.7 Å². The molecule has 1 aliphatic heterocycles. The number of nitrogens with zero attached hydrogens (tertiary/aromatic N) is 1. The molecule has 0 saturated carbocycles. The molecule has 4 rings (SSSR count). The number of carbonyl (C=O) groups is 1. The van der Waals surface area contributed by atoms with Crippen molar-refractivity contribution >= 4 is 17.2 Å². The molecule has 0 radical (unpaired) electrons. The van der Waals surface area contributed by atoms with Gasteiger partial charge in [0, 0.05) is 18.7 Å². The lowest BCUT2D eigenvalue weighted by molar-refractivity contribution is -0.143. The number of benzene rings is 2. The second-order valence-corrected chi connectivity index (χ2v) is 7.81. The van der Waals surface area contributed by atoms with Crippen molar-refractivity contribution in [2.45, 2.75) is 25.7 Å². The predicted octanol–water partition coefficient (Wildman–Crippen LogP) is 3.82. The Morgan fingerprint density at radius 3 is 2.72 bits per heavy atom. The average Bonchev–Trinajstić information content (AvgIpc) is 2.77. The first-order valence-electron chi connectivity index (χ1n) is 10.4. The van der Waals surface area contributed by atoms with Crippen LogP contribution in [0.2, 0.25) is 0 Å². The zero-order chi connectivity index (χ0) is 20.1. The Balaban J connectivity index is 1.43. The molecule has 0 unspecified atom stereocenters. The van der Waals surface area contributed by atoms with Crippen molar-refractivity contribution in [3.63, 3.8) is 0 Å². The van der Waals surface area contributed by atoms with E-state index in [9.17, 15) is 9.90 Å². The van der Waals surface area contributed by atoms with Gasteiger partial charge in [-0.05, 0) is 48.9 Å². The zero-order valence-electron chi connectivity index (χ0n) is 16.6. The minimum Gasteiger partial charge on any atom is -0.481 e. The Morgan fingerprint density at radius 1 is 1.10 bits per heavy atom. The van der Waals surface area contributed by atoms with Gasteiger partial charge >= 0.3 is 5.97 Å². The van der Waals surface area contributed by atoms with Gasteiger partial charge in [-0.25, -0.2) is 0 Å². The lowest BCUT2D eigenvalue weighted by atomic mass is 9.86. The fourth-order valence-corrected chi connectivity index (χ4v) is 4.33. The highest BCUT2D eigenvalue weighted by Crippen LogP contribution is 2.35. The van der Waals surface area contributed by atoms with Crippen molar-refractivity contribution in [1.82, 2.24) is 10.4 Å². The summed E-state index contributed by atoms with van der Waals surface area (Å²) in [6, 6.07) is 18.9. The van der Waals surface area contributed by atoms with Crippen molar-refractivity contribution in [2.24, 2.45) is 5.92 Å². The van der Waals surface area contributed by atoms with Crippen LogP contribution in [0, 0.1) is 5.92 Å². The lowest BCUT2D eigenvalue weighted by Crippen LogP contribution is -2.40. The SMILES string of the molecule is O=C(O)[C@@H]1CCCN(CCONC2=C(c3ccccc3)CCc3ccccc32)C1. The van der Waals surface area contributed by atoms with Crippen LogP contribution in [0.15, 0.2) is 54.6 Å². The summed E-state index contributed by atoms with van der Waals surface area (Å²) in [4.78, 5) is 19.3. The van der Waals surface area contributed by atoms with Crippen molar-refractivity contribution in [1.29, 1.82) is 0 Å². The molecule has 1 heterocycles. The zero-order valence-corrected chi connectivity index (χ0v) is 16.6. The number of rotatable bonds is 7. The average molecular weight is 392 g/mol. The summed E-state index contributed by atoms with van der Waals surface area (Å²) in [5.74, 6) is -0.945. The third kappa shape index (κ3) is 4.69. The first-order chi connectivity index (χ1) is 14.2. The van der Waals surface area contributed by atoms with Gasteiger partial charge in [-0.2, -0.15) is 0 Å². The Hall–Kier alpha value is -2.63. The summed E-state index contributed by atoms with van der Waals surface area (Å²) in [6.07, 6.45) is 3.70. The topological polar surface area (TPSA) is 61.8 Å². The van der Waals surface area contributed by atoms with Crippen LogP contribution in [0.3, 0.4) is 0 Å². The minimum absolute atomic E-state index is 0.255. The molecule has 0 bridgehead atoms. The molecule has 5 heteroatoms. The summed E-state index contributed by atoms with van der Waals surface area (Å²) in [7, 11) is 0. The monoisotopic (exact) mass is 392 g/mol. The first-order valence-corrected chi connectivity index (χ1v) is 10.4. The van der Waals surface area contributed by atoms with Crippen LogP contribution in [-0.2, 0) is 16.1 Å². The molecule has 0 aromatic heterocycles. The van der Waals surface area contributed by atoms with E-state index in [-0.39, 0.29) is 5.92 Å². The van der Waals surface area contributed by atoms with E-state index in [1.807, 2.05) is 6.07 Å². The van der Waals surface area contributed by atoms with E-state index in [2.05, 4.69) is 58.9 Å². The number of piperidine rings is 1. The van der Waals surface area contributed by atoms with Crippen LogP contribution in [0.5, 0.6) is 0 Å². The van der Waals surface area contributed by atoms with Gasteiger partial charge in [0.1, 0.15) is 0 Å². The summed E-state index contributed by atoms with van der Waals surface area (Å²) in [5.41, 5.74) is 9.29. The molecule has 0 spiro atoms. The number of fused-ring (bicyclic) bond motifs is 1. The lowest BCUT2D eigenvalue weighted by Gasteiger charge is -2.30. The quantitative estimate of drug-likeness (QED) is 0.554. The Labute approximate surface area is 171 Å². The highest BCUT2D eigenvalue weighted by atomic mass is 16.6. The summed E-state index contributed by atoms with van der Waals surface area (Å²) >= 11 is 0. The molecule has 152 valence electrons. The maximum atomic E-state index is 11.2. The normalized spacial score (nSPS) is 19.7. The summed E-state index contributed by atoms with van der Waals surface area (Å²) in [5, 5.41) is 9.25. The molecule has 1 fully saturated rings. The Kier molecular flexibility index (Phi) is 6.27. The van der Waals surface area contributed by atoms with E-state index in [1.165, 1.54) is 22.3 Å². The largest absolute Gasteiger partial charge is 0.481 e. The highest BCUT2D eigenvalue weighted by molar-refractivity contribution is 5.92. The minimum atomic E-state index is -0.690. The van der Waals surface area contributed by atoms with Crippen LogP contribution >= 0.6 is 0 Å². The van der Waals surface area contributed by atoms with E-state index in [0.29, 0.717) is 13.2 Å². The van der Waals surface area contributed by atoms with Gasteiger partial charge in [0.05, 0.1) is 18.2 Å². The number of likely N-dealkylation sites (tertiary alicyclic amines) is 1. The number of aryl methyl sites for hydroxylation is 1. The number of allylic oxidation sites excluding steroid dienone is 1. The van der Waals surface area contributed by atoms with E-state index in [0.717, 1.165) is 44.5 Å². The van der Waals surface area contributed by atoms with Crippen LogP contribution < -0.4 is 5.48 Å². The van der Waals surface area contributed by atoms with Gasteiger partial charge in [0.2, 0.25) is 0 Å². The Bertz CT molecular complexity index is 879. The molecular formula is C24H28N2O3. The number of carboxylic acids is 1. The van der Waals surface area contributed by atoms with Gasteiger partial charge in [0.15, 0.2) is 0 Å². The van der Waals surface area contributed by atoms with Crippen LogP contribution in [0.4, 0.5) is 0 Å². The van der Waals surface area contributed by atoms with Gasteiger partial charge < -0.3 is 10.0 Å². The fraction of sp³-hybridized carbons (Fsp3) is 0.375. The Morgan fingerprint density at radius 2 is 1.90 bits per heavy atom. The van der Waals surface area contributed by atoms with Crippen molar-refractivity contribution in [3.8, 4) is 0 Å². The smallest absolute Gasteiger partial charge is 0.307 e. The van der Waals surface area contributed by atoms with Crippen LogP contribution in [-0.4, -0.2) is 42.2 Å². The van der Waals surface area contributed by atoms with Crippen molar-refractivity contribution in [2.75, 3.05) is 26.2 Å². The number of nitrogens with one attached hydrogen (secondary N) is 1. The molecule has 2 aliphatic rings. The maximum Gasteiger partial charge on any atom is 0.307 e. The van der Waals surface area contributed by atoms with E-state index >= 15 is 0 Å². The van der Waals surface area contributed by atoms with Crippen LogP contribution in [0.1, 0.15) is 36.0 Å². The van der Waals surface area contributed by atoms with Gasteiger partial charge in [-0.15, -0.1) is 0 Å². The van der Waals surface area contributed by atoms with Crippen molar-refractivity contribution in [3.05, 3.63) is 71.3 Å². The molecule has 2 N–H and O–H groups in total. The van der Waals surface area contributed by atoms with E-state index < -0.39 is 5.97 Å². The number of carboxylic acid groups (broad SMARTS) is 1. The predicted molar refractivity (Wildman–Crippen MR) is 114 cm³/mol. The summed E-state index contributed by atoms with van der Waals surface area (Å²) < 4.78 is 0. The van der Waals surface area contributed by atoms with Gasteiger partial charge in [-0.3, -0.25) is 15.1 Å². The number of aliphatic carboxylic acids is 1. The highest BCUT2D eigenvalue weighted by Gasteiger charge is 2.25. The van der Waals surface area contributed by atoms with Gasteiger partial charge in [-0.1, -0.05) is 54.6 Å². The molecule has 2 aromatic carbocycles. The second kappa shape index (κ2) is 9.25. The second-order valence-electron chi connectivity index (χ2n) is 7.81. The molecule has 2 aromatic rings. The number of hydrogen-bond acceptors (Lipinski definition) is 4. The van der Waals surface area contributed by atoms with E-state index in [4.69, 9.17) is 4.84 Å². The van der Waals surface area contributed by atoms with E-state index in [1.54, 1.807) is 0 Å². The third-order valence-electron chi connectivity index (χ3n) is 5.89. The standard InChI is InChI=1S/C24H28N2O3/c27-24(28)20-10-6-14-26(17-20)15-16-29-25-23-21-11-5-4-9-19(21)12-13-22(23)18-7-2-1-3-8-18/h1-5,7-9,11,20,25H,6,10,12-17H2,(H,27,28)/t20-/m1/s1. The first kappa shape index (κ1) is 19.7. The number of hydroxylamine groups is 1.